The van der Waals surface area contributed by atoms with Crippen molar-refractivity contribution in [2.45, 2.75) is 6.92 Å². The van der Waals surface area contributed by atoms with Gasteiger partial charge in [-0.1, -0.05) is 42.0 Å². The Balaban J connectivity index is 2.75. The van der Waals surface area contributed by atoms with Crippen molar-refractivity contribution in [3.8, 4) is 0 Å². The lowest BCUT2D eigenvalue weighted by Crippen LogP contribution is -1.87. The highest BCUT2D eigenvalue weighted by Gasteiger charge is 2.12. The van der Waals surface area contributed by atoms with Gasteiger partial charge in [-0.2, -0.15) is 8.78 Å². The first kappa shape index (κ1) is 9.13. The van der Waals surface area contributed by atoms with E-state index in [1.165, 1.54) is 6.07 Å². The zero-order valence-electron chi connectivity index (χ0n) is 7.72. The molecule has 0 fully saturated rings. The Bertz CT molecular complexity index is 461. The van der Waals surface area contributed by atoms with Gasteiger partial charge in [-0.15, -0.1) is 0 Å². The minimum Gasteiger partial charge on any atom is -0.194 e. The van der Waals surface area contributed by atoms with Gasteiger partial charge >= 0.3 is 6.43 Å². The highest BCUT2D eigenvalue weighted by atomic mass is 19.3. The van der Waals surface area contributed by atoms with Crippen LogP contribution in [0.1, 0.15) is 11.1 Å². The normalized spacial score (nSPS) is 11.1. The molecule has 0 aliphatic heterocycles. The summed E-state index contributed by atoms with van der Waals surface area (Å²) in [6.45, 7) is 1.95. The first-order chi connectivity index (χ1) is 6.68. The van der Waals surface area contributed by atoms with E-state index >= 15 is 0 Å². The highest BCUT2D eigenvalue weighted by Crippen LogP contribution is 2.27. The van der Waals surface area contributed by atoms with Gasteiger partial charge in [0, 0.05) is 5.56 Å². The number of hydrogen-bond donors (Lipinski definition) is 0. The van der Waals surface area contributed by atoms with Crippen LogP contribution < -0.4 is 0 Å². The van der Waals surface area contributed by atoms with Crippen molar-refractivity contribution in [2.24, 2.45) is 0 Å². The van der Waals surface area contributed by atoms with Crippen molar-refractivity contribution in [1.82, 2.24) is 0 Å². The molecule has 2 rings (SSSR count). The molecule has 0 bridgehead atoms. The van der Waals surface area contributed by atoms with E-state index in [4.69, 9.17) is 0 Å². The number of rotatable bonds is 1. The van der Waals surface area contributed by atoms with Crippen molar-refractivity contribution in [1.29, 1.82) is 0 Å². The standard InChI is InChI=1S/C12H9F2/c1-8-5-6-10-9(7-8)3-2-4-11(10)12(13)14/h2-7H,1H3. The molecule has 0 N–H and O–H groups in total. The van der Waals surface area contributed by atoms with E-state index in [1.54, 1.807) is 12.1 Å². The van der Waals surface area contributed by atoms with Crippen LogP contribution in [0.5, 0.6) is 0 Å². The molecule has 0 unspecified atom stereocenters. The molecule has 0 saturated carbocycles. The maximum absolute atomic E-state index is 12.5. The second kappa shape index (κ2) is 3.37. The largest absolute Gasteiger partial charge is 0.340 e. The summed E-state index contributed by atoms with van der Waals surface area (Å²) in [4.78, 5) is 0. The van der Waals surface area contributed by atoms with E-state index < -0.39 is 6.43 Å². The second-order valence-corrected chi connectivity index (χ2v) is 3.29. The lowest BCUT2D eigenvalue weighted by atomic mass is 10.0. The number of benzene rings is 2. The third-order valence-electron chi connectivity index (χ3n) is 2.24. The van der Waals surface area contributed by atoms with Crippen LogP contribution in [-0.2, 0) is 0 Å². The zero-order valence-corrected chi connectivity index (χ0v) is 7.72. The fraction of sp³-hybridized carbons (Fsp3) is 0.0833. The topological polar surface area (TPSA) is 0 Å². The van der Waals surface area contributed by atoms with Gasteiger partial charge in [-0.3, -0.25) is 0 Å². The van der Waals surface area contributed by atoms with Crippen LogP contribution in [0.25, 0.3) is 10.8 Å². The average molecular weight is 191 g/mol. The number of hydrogen-bond acceptors (Lipinski definition) is 0. The Morgan fingerprint density at radius 1 is 1.07 bits per heavy atom. The van der Waals surface area contributed by atoms with Gasteiger partial charge in [0.05, 0.1) is 0 Å². The predicted octanol–water partition coefficient (Wildman–Crippen LogP) is 3.92. The first-order valence-corrected chi connectivity index (χ1v) is 4.36. The third-order valence-corrected chi connectivity index (χ3v) is 2.24. The van der Waals surface area contributed by atoms with Gasteiger partial charge in [0.25, 0.3) is 0 Å². The molecule has 0 aliphatic carbocycles. The van der Waals surface area contributed by atoms with E-state index in [0.29, 0.717) is 5.39 Å². The van der Waals surface area contributed by atoms with Crippen LogP contribution >= 0.6 is 0 Å². The van der Waals surface area contributed by atoms with Gasteiger partial charge in [0.1, 0.15) is 0 Å². The molecule has 14 heavy (non-hydrogen) atoms. The number of aryl methyl sites for hydroxylation is 1. The molecule has 2 aromatic rings. The van der Waals surface area contributed by atoms with Crippen molar-refractivity contribution < 1.29 is 8.78 Å². The summed E-state index contributed by atoms with van der Waals surface area (Å²) >= 11 is 0. The SMILES string of the molecule is Cc1ccc2c([C](F)F)cccc2c1. The number of fused-ring (bicyclic) bond motifs is 1. The highest BCUT2D eigenvalue weighted by molar-refractivity contribution is 5.87. The lowest BCUT2D eigenvalue weighted by Gasteiger charge is -2.04. The molecule has 0 atom stereocenters. The van der Waals surface area contributed by atoms with Gasteiger partial charge in [0.15, 0.2) is 0 Å². The molecule has 0 saturated heterocycles. The minimum absolute atomic E-state index is 0.0301. The van der Waals surface area contributed by atoms with E-state index in [9.17, 15) is 8.78 Å². The molecule has 0 aromatic heterocycles. The van der Waals surface area contributed by atoms with Gasteiger partial charge in [0.2, 0.25) is 0 Å². The molecule has 0 aliphatic rings. The van der Waals surface area contributed by atoms with Crippen LogP contribution in [-0.4, -0.2) is 0 Å². The Labute approximate surface area is 81.2 Å². The second-order valence-electron chi connectivity index (χ2n) is 3.29. The predicted molar refractivity (Wildman–Crippen MR) is 53.2 cm³/mol. The Kier molecular flexibility index (Phi) is 2.20. The summed E-state index contributed by atoms with van der Waals surface area (Å²) in [5.41, 5.74) is 1.11. The fourth-order valence-electron chi connectivity index (χ4n) is 1.57. The van der Waals surface area contributed by atoms with E-state index in [2.05, 4.69) is 0 Å². The molecule has 0 amide bonds. The summed E-state index contributed by atoms with van der Waals surface area (Å²) in [6.07, 6.45) is -1.63. The summed E-state index contributed by atoms with van der Waals surface area (Å²) in [6, 6.07) is 10.4. The van der Waals surface area contributed by atoms with Crippen molar-refractivity contribution in [3.05, 3.63) is 54.0 Å². The van der Waals surface area contributed by atoms with Crippen LogP contribution in [0.15, 0.2) is 36.4 Å². The third kappa shape index (κ3) is 1.48. The van der Waals surface area contributed by atoms with Crippen LogP contribution in [0.2, 0.25) is 0 Å². The molecule has 0 heterocycles. The van der Waals surface area contributed by atoms with Gasteiger partial charge in [-0.25, -0.2) is 0 Å². The lowest BCUT2D eigenvalue weighted by molar-refractivity contribution is 0.326. The quantitative estimate of drug-likeness (QED) is 0.640. The summed E-state index contributed by atoms with van der Waals surface area (Å²) < 4.78 is 25.0. The minimum atomic E-state index is -1.63. The van der Waals surface area contributed by atoms with Crippen LogP contribution in [0.3, 0.4) is 0 Å². The van der Waals surface area contributed by atoms with E-state index in [1.807, 2.05) is 25.1 Å². The van der Waals surface area contributed by atoms with Crippen molar-refractivity contribution >= 4 is 10.8 Å². The molecule has 0 spiro atoms. The molecule has 2 heteroatoms. The Morgan fingerprint density at radius 2 is 1.86 bits per heavy atom. The molecule has 71 valence electrons. The maximum Gasteiger partial charge on any atom is 0.340 e. The zero-order chi connectivity index (χ0) is 10.1. The molecule has 0 nitrogen and oxygen atoms in total. The van der Waals surface area contributed by atoms with Gasteiger partial charge < -0.3 is 0 Å². The monoisotopic (exact) mass is 191 g/mol. The van der Waals surface area contributed by atoms with E-state index in [0.717, 1.165) is 10.9 Å². The first-order valence-electron chi connectivity index (χ1n) is 4.36. The fourth-order valence-corrected chi connectivity index (χ4v) is 1.57. The van der Waals surface area contributed by atoms with E-state index in [-0.39, 0.29) is 5.56 Å². The smallest absolute Gasteiger partial charge is 0.194 e. The Morgan fingerprint density at radius 3 is 2.57 bits per heavy atom. The molecule has 1 radical (unpaired) electrons. The summed E-state index contributed by atoms with van der Waals surface area (Å²) in [5.74, 6) is 0. The molecular formula is C12H9F2. The Hall–Kier alpha value is -1.44. The summed E-state index contributed by atoms with van der Waals surface area (Å²) in [5, 5.41) is 1.47. The van der Waals surface area contributed by atoms with Crippen molar-refractivity contribution in [2.75, 3.05) is 0 Å². The van der Waals surface area contributed by atoms with Crippen LogP contribution in [0.4, 0.5) is 8.78 Å². The summed E-state index contributed by atoms with van der Waals surface area (Å²) in [7, 11) is 0. The maximum atomic E-state index is 12.5. The van der Waals surface area contributed by atoms with Gasteiger partial charge in [-0.05, 0) is 17.7 Å². The van der Waals surface area contributed by atoms with Crippen LogP contribution in [0, 0.1) is 13.3 Å². The average Bonchev–Trinajstić information content (AvgIpc) is 2.16. The number of halogens is 2. The molecule has 2 aromatic carbocycles. The molecular weight excluding hydrogens is 182 g/mol. The van der Waals surface area contributed by atoms with Crippen molar-refractivity contribution in [3.63, 3.8) is 0 Å².